The van der Waals surface area contributed by atoms with Gasteiger partial charge in [-0.25, -0.2) is 4.39 Å². The molecule has 0 saturated heterocycles. The molecule has 0 aromatic heterocycles. The van der Waals surface area contributed by atoms with E-state index in [9.17, 15) is 4.39 Å². The Balaban J connectivity index is 2.16. The van der Waals surface area contributed by atoms with Gasteiger partial charge in [-0.2, -0.15) is 0 Å². The molecule has 0 aliphatic carbocycles. The van der Waals surface area contributed by atoms with Gasteiger partial charge in [-0.15, -0.1) is 11.6 Å². The Labute approximate surface area is 127 Å². The Bertz CT molecular complexity index is 602. The summed E-state index contributed by atoms with van der Waals surface area (Å²) >= 11 is 11.6. The molecule has 0 N–H and O–H groups in total. The highest BCUT2D eigenvalue weighted by atomic mass is 35.5. The van der Waals surface area contributed by atoms with E-state index in [2.05, 4.69) is 0 Å². The van der Waals surface area contributed by atoms with Crippen LogP contribution in [0.15, 0.2) is 36.4 Å². The Morgan fingerprint density at radius 2 is 1.95 bits per heavy atom. The summed E-state index contributed by atoms with van der Waals surface area (Å²) in [5, 5.41) is 0.588. The van der Waals surface area contributed by atoms with Crippen LogP contribution in [0.3, 0.4) is 0 Å². The standard InChI is InChI=1S/C15H13Cl2FO2/c1-19-15-3-2-12(17)6-11(15)9-20-14-5-10(8-16)4-13(18)7-14/h2-7H,8-9H2,1H3. The third kappa shape index (κ3) is 3.78. The molecule has 2 rings (SSSR count). The molecule has 20 heavy (non-hydrogen) atoms. The van der Waals surface area contributed by atoms with Crippen LogP contribution in [0.25, 0.3) is 0 Å². The van der Waals surface area contributed by atoms with E-state index < -0.39 is 0 Å². The van der Waals surface area contributed by atoms with E-state index in [1.54, 1.807) is 31.4 Å². The molecule has 2 nitrogen and oxygen atoms in total. The Hall–Kier alpha value is -1.45. The zero-order valence-electron chi connectivity index (χ0n) is 10.8. The average molecular weight is 315 g/mol. The molecule has 0 unspecified atom stereocenters. The zero-order valence-corrected chi connectivity index (χ0v) is 12.3. The van der Waals surface area contributed by atoms with Gasteiger partial charge in [0.1, 0.15) is 23.9 Å². The molecule has 106 valence electrons. The maximum absolute atomic E-state index is 13.4. The number of ether oxygens (including phenoxy) is 2. The number of hydrogen-bond acceptors (Lipinski definition) is 2. The van der Waals surface area contributed by atoms with Crippen LogP contribution in [0.2, 0.25) is 5.02 Å². The minimum Gasteiger partial charge on any atom is -0.496 e. The van der Waals surface area contributed by atoms with Crippen molar-refractivity contribution in [2.24, 2.45) is 0 Å². The van der Waals surface area contributed by atoms with E-state index >= 15 is 0 Å². The number of alkyl halides is 1. The number of rotatable bonds is 5. The lowest BCUT2D eigenvalue weighted by atomic mass is 10.2. The van der Waals surface area contributed by atoms with Crippen LogP contribution in [-0.4, -0.2) is 7.11 Å². The summed E-state index contributed by atoms with van der Waals surface area (Å²) in [6.45, 7) is 0.231. The summed E-state index contributed by atoms with van der Waals surface area (Å²) in [6.07, 6.45) is 0. The van der Waals surface area contributed by atoms with Gasteiger partial charge in [0.15, 0.2) is 0 Å². The molecule has 2 aromatic carbocycles. The molecule has 0 fully saturated rings. The van der Waals surface area contributed by atoms with E-state index in [1.807, 2.05) is 0 Å². The summed E-state index contributed by atoms with van der Waals surface area (Å²) < 4.78 is 24.2. The third-order valence-electron chi connectivity index (χ3n) is 2.72. The SMILES string of the molecule is COc1ccc(Cl)cc1COc1cc(F)cc(CCl)c1. The fourth-order valence-corrected chi connectivity index (χ4v) is 2.15. The van der Waals surface area contributed by atoms with E-state index in [0.29, 0.717) is 22.1 Å². The fourth-order valence-electron chi connectivity index (χ4n) is 1.80. The second-order valence-corrected chi connectivity index (χ2v) is 4.88. The van der Waals surface area contributed by atoms with Crippen molar-refractivity contribution in [2.75, 3.05) is 7.11 Å². The smallest absolute Gasteiger partial charge is 0.127 e. The van der Waals surface area contributed by atoms with Gasteiger partial charge in [0.25, 0.3) is 0 Å². The van der Waals surface area contributed by atoms with Crippen LogP contribution >= 0.6 is 23.2 Å². The molecule has 0 amide bonds. The highest BCUT2D eigenvalue weighted by Crippen LogP contribution is 2.25. The molecule has 0 atom stereocenters. The molecule has 0 heterocycles. The van der Waals surface area contributed by atoms with Crippen molar-refractivity contribution in [2.45, 2.75) is 12.5 Å². The predicted molar refractivity (Wildman–Crippen MR) is 78.3 cm³/mol. The monoisotopic (exact) mass is 314 g/mol. The van der Waals surface area contributed by atoms with Crippen molar-refractivity contribution in [1.82, 2.24) is 0 Å². The molecule has 0 saturated carbocycles. The highest BCUT2D eigenvalue weighted by molar-refractivity contribution is 6.30. The average Bonchev–Trinajstić information content (AvgIpc) is 2.44. The van der Waals surface area contributed by atoms with Gasteiger partial charge in [-0.3, -0.25) is 0 Å². The van der Waals surface area contributed by atoms with Crippen LogP contribution in [0.5, 0.6) is 11.5 Å². The molecule has 0 radical (unpaired) electrons. The first-order valence-electron chi connectivity index (χ1n) is 5.93. The molecular weight excluding hydrogens is 302 g/mol. The van der Waals surface area contributed by atoms with E-state index in [4.69, 9.17) is 32.7 Å². The minimum atomic E-state index is -0.379. The van der Waals surface area contributed by atoms with Crippen molar-refractivity contribution < 1.29 is 13.9 Å². The van der Waals surface area contributed by atoms with Gasteiger partial charge >= 0.3 is 0 Å². The lowest BCUT2D eigenvalue weighted by molar-refractivity contribution is 0.295. The normalized spacial score (nSPS) is 10.4. The molecule has 0 aliphatic rings. The Morgan fingerprint density at radius 1 is 1.15 bits per heavy atom. The van der Waals surface area contributed by atoms with Gasteiger partial charge in [0.2, 0.25) is 0 Å². The van der Waals surface area contributed by atoms with Gasteiger partial charge in [-0.05, 0) is 35.9 Å². The number of benzene rings is 2. The molecular formula is C15H13Cl2FO2. The van der Waals surface area contributed by atoms with Gasteiger partial charge in [0, 0.05) is 22.5 Å². The van der Waals surface area contributed by atoms with Crippen molar-refractivity contribution in [3.63, 3.8) is 0 Å². The molecule has 0 spiro atoms. The quantitative estimate of drug-likeness (QED) is 0.738. The van der Waals surface area contributed by atoms with Crippen LogP contribution in [-0.2, 0) is 12.5 Å². The van der Waals surface area contributed by atoms with E-state index in [1.165, 1.54) is 12.1 Å². The topological polar surface area (TPSA) is 18.5 Å². The first kappa shape index (κ1) is 14.9. The van der Waals surface area contributed by atoms with Crippen molar-refractivity contribution in [3.05, 3.63) is 58.4 Å². The van der Waals surface area contributed by atoms with Crippen LogP contribution in [0.4, 0.5) is 4.39 Å². The molecule has 0 bridgehead atoms. The van der Waals surface area contributed by atoms with Crippen LogP contribution in [0.1, 0.15) is 11.1 Å². The summed E-state index contributed by atoms with van der Waals surface area (Å²) in [6, 6.07) is 9.64. The highest BCUT2D eigenvalue weighted by Gasteiger charge is 2.06. The van der Waals surface area contributed by atoms with Crippen LogP contribution < -0.4 is 9.47 Å². The minimum absolute atomic E-state index is 0.231. The summed E-state index contributed by atoms with van der Waals surface area (Å²) in [5.74, 6) is 0.941. The largest absolute Gasteiger partial charge is 0.496 e. The third-order valence-corrected chi connectivity index (χ3v) is 3.27. The first-order valence-corrected chi connectivity index (χ1v) is 6.84. The summed E-state index contributed by atoms with van der Waals surface area (Å²) in [7, 11) is 1.57. The van der Waals surface area contributed by atoms with Crippen molar-refractivity contribution in [1.29, 1.82) is 0 Å². The van der Waals surface area contributed by atoms with Gasteiger partial charge in [-0.1, -0.05) is 11.6 Å². The lowest BCUT2D eigenvalue weighted by Crippen LogP contribution is -1.99. The summed E-state index contributed by atoms with van der Waals surface area (Å²) in [5.41, 5.74) is 1.46. The first-order chi connectivity index (χ1) is 9.62. The lowest BCUT2D eigenvalue weighted by Gasteiger charge is -2.11. The Morgan fingerprint density at radius 3 is 2.65 bits per heavy atom. The second-order valence-electron chi connectivity index (χ2n) is 4.17. The fraction of sp³-hybridized carbons (Fsp3) is 0.200. The molecule has 5 heteroatoms. The molecule has 0 aliphatic heterocycles. The predicted octanol–water partition coefficient (Wildman–Crippen LogP) is 4.81. The Kier molecular flexibility index (Phi) is 5.10. The van der Waals surface area contributed by atoms with E-state index in [0.717, 1.165) is 5.56 Å². The number of hydrogen-bond donors (Lipinski definition) is 0. The summed E-state index contributed by atoms with van der Waals surface area (Å²) in [4.78, 5) is 0. The number of halogens is 3. The maximum atomic E-state index is 13.4. The molecule has 2 aromatic rings. The maximum Gasteiger partial charge on any atom is 0.127 e. The van der Waals surface area contributed by atoms with Gasteiger partial charge in [0.05, 0.1) is 7.11 Å². The zero-order chi connectivity index (χ0) is 14.5. The second kappa shape index (κ2) is 6.82. The van der Waals surface area contributed by atoms with Crippen LogP contribution in [0, 0.1) is 5.82 Å². The number of methoxy groups -OCH3 is 1. The van der Waals surface area contributed by atoms with Crippen molar-refractivity contribution >= 4 is 23.2 Å². The van der Waals surface area contributed by atoms with E-state index in [-0.39, 0.29) is 18.3 Å². The van der Waals surface area contributed by atoms with Crippen molar-refractivity contribution in [3.8, 4) is 11.5 Å². The van der Waals surface area contributed by atoms with Gasteiger partial charge < -0.3 is 9.47 Å².